The Morgan fingerprint density at radius 2 is 2.00 bits per heavy atom. The average Bonchev–Trinajstić information content (AvgIpc) is 3.00. The molecule has 0 bridgehead atoms. The van der Waals surface area contributed by atoms with Crippen LogP contribution in [0.1, 0.15) is 49.9 Å². The summed E-state index contributed by atoms with van der Waals surface area (Å²) in [5.41, 5.74) is 0. The first kappa shape index (κ1) is 15.7. The Morgan fingerprint density at radius 1 is 1.26 bits per heavy atom. The van der Waals surface area contributed by atoms with Crippen LogP contribution in [0.4, 0.5) is 0 Å². The fraction of sp³-hybridized carbons (Fsp3) is 0.625. The first-order valence-corrected chi connectivity index (χ1v) is 8.06. The zero-order valence-corrected chi connectivity index (χ0v) is 13.1. The van der Waals surface area contributed by atoms with Crippen LogP contribution in [-0.2, 0) is 9.59 Å². The van der Waals surface area contributed by atoms with Gasteiger partial charge in [0.05, 0.1) is 11.8 Å². The van der Waals surface area contributed by atoms with Crippen LogP contribution in [0.2, 0.25) is 0 Å². The number of hydrogen-bond acceptors (Lipinski definition) is 5. The molecule has 1 saturated heterocycles. The smallest absolute Gasteiger partial charge is 0.307 e. The molecule has 2 aliphatic rings. The second-order valence-corrected chi connectivity index (χ2v) is 6.22. The van der Waals surface area contributed by atoms with Crippen LogP contribution in [0.15, 0.2) is 16.7 Å². The number of carbonyl (C=O) groups excluding carboxylic acids is 1. The largest absolute Gasteiger partial charge is 0.481 e. The number of hydrogen-bond donors (Lipinski definition) is 1. The van der Waals surface area contributed by atoms with Gasteiger partial charge in [0.25, 0.3) is 0 Å². The molecular formula is C16H21N3O4. The molecule has 7 nitrogen and oxygen atoms in total. The summed E-state index contributed by atoms with van der Waals surface area (Å²) >= 11 is 0. The Hall–Kier alpha value is -2.18. The van der Waals surface area contributed by atoms with Gasteiger partial charge in [0, 0.05) is 6.54 Å². The molecule has 0 saturated carbocycles. The van der Waals surface area contributed by atoms with Crippen molar-refractivity contribution < 1.29 is 19.2 Å². The quantitative estimate of drug-likeness (QED) is 0.857. The molecule has 0 unspecified atom stereocenters. The molecule has 1 aliphatic carbocycles. The van der Waals surface area contributed by atoms with Crippen LogP contribution in [0.3, 0.4) is 0 Å². The first-order chi connectivity index (χ1) is 11.1. The molecule has 7 heteroatoms. The zero-order chi connectivity index (χ0) is 16.4. The highest BCUT2D eigenvalue weighted by Gasteiger charge is 2.40. The molecule has 23 heavy (non-hydrogen) atoms. The van der Waals surface area contributed by atoms with Crippen LogP contribution < -0.4 is 0 Å². The molecule has 0 aromatic carbocycles. The zero-order valence-electron chi connectivity index (χ0n) is 13.1. The van der Waals surface area contributed by atoms with Crippen molar-refractivity contribution in [3.63, 3.8) is 0 Å². The number of carboxylic acid groups (broad SMARTS) is 1. The number of carbonyl (C=O) groups is 2. The second kappa shape index (κ2) is 6.52. The highest BCUT2D eigenvalue weighted by atomic mass is 16.5. The summed E-state index contributed by atoms with van der Waals surface area (Å²) in [5, 5.41) is 13.2. The molecule has 1 aromatic rings. The number of aryl methyl sites for hydroxylation is 1. The third-order valence-electron chi connectivity index (χ3n) is 4.68. The van der Waals surface area contributed by atoms with E-state index >= 15 is 0 Å². The second-order valence-electron chi connectivity index (χ2n) is 6.22. The third kappa shape index (κ3) is 3.13. The molecule has 1 aromatic heterocycles. The lowest BCUT2D eigenvalue weighted by molar-refractivity contribution is -0.152. The predicted molar refractivity (Wildman–Crippen MR) is 80.3 cm³/mol. The minimum absolute atomic E-state index is 0.109. The summed E-state index contributed by atoms with van der Waals surface area (Å²) in [7, 11) is 0. The summed E-state index contributed by atoms with van der Waals surface area (Å²) in [6.45, 7) is 2.35. The molecule has 0 radical (unpaired) electrons. The van der Waals surface area contributed by atoms with Gasteiger partial charge < -0.3 is 14.5 Å². The monoisotopic (exact) mass is 319 g/mol. The van der Waals surface area contributed by atoms with Gasteiger partial charge in [-0.1, -0.05) is 17.3 Å². The molecule has 2 heterocycles. The Bertz CT molecular complexity index is 625. The normalized spacial score (nSPS) is 27.9. The van der Waals surface area contributed by atoms with Gasteiger partial charge in [0.15, 0.2) is 5.82 Å². The number of aliphatic carboxylic acids is 1. The van der Waals surface area contributed by atoms with E-state index in [0.717, 1.165) is 19.3 Å². The predicted octanol–water partition coefficient (Wildman–Crippen LogP) is 2.10. The standard InChI is InChI=1S/C16H21N3O4/c1-10-17-14(23-18-10)13-8-4-5-9-19(13)15(20)11-6-2-3-7-12(11)16(21)22/h2-3,11-13H,4-9H2,1H3,(H,21,22)/t11-,12-,13-/m0/s1. The van der Waals surface area contributed by atoms with Gasteiger partial charge in [-0.25, -0.2) is 0 Å². The Kier molecular flexibility index (Phi) is 4.45. The molecule has 1 aliphatic heterocycles. The van der Waals surface area contributed by atoms with Crippen molar-refractivity contribution in [2.75, 3.05) is 6.54 Å². The van der Waals surface area contributed by atoms with Gasteiger partial charge in [0.1, 0.15) is 6.04 Å². The van der Waals surface area contributed by atoms with E-state index in [1.807, 2.05) is 12.2 Å². The van der Waals surface area contributed by atoms with Gasteiger partial charge >= 0.3 is 5.97 Å². The van der Waals surface area contributed by atoms with E-state index in [2.05, 4.69) is 10.1 Å². The summed E-state index contributed by atoms with van der Waals surface area (Å²) in [5.74, 6) is -1.19. The van der Waals surface area contributed by atoms with Crippen molar-refractivity contribution in [3.8, 4) is 0 Å². The number of likely N-dealkylation sites (tertiary alicyclic amines) is 1. The summed E-state index contributed by atoms with van der Waals surface area (Å²) < 4.78 is 5.26. The summed E-state index contributed by atoms with van der Waals surface area (Å²) in [4.78, 5) is 30.5. The summed E-state index contributed by atoms with van der Waals surface area (Å²) in [6.07, 6.45) is 7.30. The third-order valence-corrected chi connectivity index (χ3v) is 4.68. The van der Waals surface area contributed by atoms with Crippen LogP contribution >= 0.6 is 0 Å². The average molecular weight is 319 g/mol. The molecular weight excluding hydrogens is 298 g/mol. The fourth-order valence-electron chi connectivity index (χ4n) is 3.47. The lowest BCUT2D eigenvalue weighted by Crippen LogP contribution is -2.45. The minimum atomic E-state index is -0.908. The Morgan fingerprint density at radius 3 is 2.65 bits per heavy atom. The molecule has 124 valence electrons. The van der Waals surface area contributed by atoms with Crippen molar-refractivity contribution in [3.05, 3.63) is 23.9 Å². The SMILES string of the molecule is Cc1noc([C@@H]2CCCCN2C(=O)[C@H]2CC=CC[C@@H]2C(=O)O)n1. The van der Waals surface area contributed by atoms with E-state index in [1.54, 1.807) is 11.8 Å². The number of aromatic nitrogens is 2. The van der Waals surface area contributed by atoms with Crippen molar-refractivity contribution in [2.24, 2.45) is 11.8 Å². The molecule has 0 spiro atoms. The van der Waals surface area contributed by atoms with E-state index in [1.165, 1.54) is 0 Å². The van der Waals surface area contributed by atoms with E-state index in [4.69, 9.17) is 4.52 Å². The van der Waals surface area contributed by atoms with Gasteiger partial charge in [-0.3, -0.25) is 9.59 Å². The van der Waals surface area contributed by atoms with Crippen molar-refractivity contribution in [2.45, 2.75) is 45.1 Å². The highest BCUT2D eigenvalue weighted by Crippen LogP contribution is 2.35. The van der Waals surface area contributed by atoms with Crippen molar-refractivity contribution in [1.29, 1.82) is 0 Å². The number of allylic oxidation sites excluding steroid dienone is 2. The number of rotatable bonds is 3. The van der Waals surface area contributed by atoms with Gasteiger partial charge in [-0.2, -0.15) is 4.98 Å². The highest BCUT2D eigenvalue weighted by molar-refractivity contribution is 5.85. The van der Waals surface area contributed by atoms with Crippen molar-refractivity contribution >= 4 is 11.9 Å². The maximum Gasteiger partial charge on any atom is 0.307 e. The number of amides is 1. The number of carboxylic acids is 1. The van der Waals surface area contributed by atoms with E-state index in [-0.39, 0.29) is 11.9 Å². The molecule has 3 atom stereocenters. The Balaban J connectivity index is 1.83. The lowest BCUT2D eigenvalue weighted by Gasteiger charge is -2.37. The molecule has 3 rings (SSSR count). The topological polar surface area (TPSA) is 96.5 Å². The fourth-order valence-corrected chi connectivity index (χ4v) is 3.47. The Labute approximate surface area is 134 Å². The maximum atomic E-state index is 13.0. The summed E-state index contributed by atoms with van der Waals surface area (Å²) in [6, 6.07) is -0.238. The van der Waals surface area contributed by atoms with Crippen LogP contribution in [-0.4, -0.2) is 38.6 Å². The minimum Gasteiger partial charge on any atom is -0.481 e. The van der Waals surface area contributed by atoms with Gasteiger partial charge in [0.2, 0.25) is 11.8 Å². The van der Waals surface area contributed by atoms with Gasteiger partial charge in [-0.05, 0) is 39.0 Å². The van der Waals surface area contributed by atoms with Gasteiger partial charge in [-0.15, -0.1) is 0 Å². The molecule has 1 amide bonds. The lowest BCUT2D eigenvalue weighted by atomic mass is 9.81. The number of nitrogens with zero attached hydrogens (tertiary/aromatic N) is 3. The number of piperidine rings is 1. The molecule has 1 N–H and O–H groups in total. The molecule has 1 fully saturated rings. The van der Waals surface area contributed by atoms with E-state index in [9.17, 15) is 14.7 Å². The maximum absolute atomic E-state index is 13.0. The van der Waals surface area contributed by atoms with Crippen molar-refractivity contribution in [1.82, 2.24) is 15.0 Å². The van der Waals surface area contributed by atoms with Crippen LogP contribution in [0.25, 0.3) is 0 Å². The van der Waals surface area contributed by atoms with Crippen LogP contribution in [0, 0.1) is 18.8 Å². The van der Waals surface area contributed by atoms with E-state index < -0.39 is 17.8 Å². The van der Waals surface area contributed by atoms with E-state index in [0.29, 0.717) is 31.1 Å². The van der Waals surface area contributed by atoms with Crippen LogP contribution in [0.5, 0.6) is 0 Å². The first-order valence-electron chi connectivity index (χ1n) is 8.06.